The SMILES string of the molecule is CCCCOC1=NC=CC(=O)C1=O. The number of hydrogen-bond acceptors (Lipinski definition) is 4. The second-order valence-electron chi connectivity index (χ2n) is 2.65. The summed E-state index contributed by atoms with van der Waals surface area (Å²) in [6, 6.07) is 0. The van der Waals surface area contributed by atoms with Gasteiger partial charge < -0.3 is 4.74 Å². The summed E-state index contributed by atoms with van der Waals surface area (Å²) in [4.78, 5) is 25.6. The van der Waals surface area contributed by atoms with E-state index in [1.807, 2.05) is 6.92 Å². The van der Waals surface area contributed by atoms with Crippen molar-refractivity contribution in [2.24, 2.45) is 4.99 Å². The Labute approximate surface area is 76.3 Å². The van der Waals surface area contributed by atoms with Gasteiger partial charge in [-0.25, -0.2) is 4.99 Å². The Balaban J connectivity index is 2.49. The fourth-order valence-corrected chi connectivity index (χ4v) is 0.828. The number of ketones is 2. The number of hydrogen-bond donors (Lipinski definition) is 0. The van der Waals surface area contributed by atoms with Gasteiger partial charge in [0.1, 0.15) is 0 Å². The van der Waals surface area contributed by atoms with Crippen LogP contribution in [0.1, 0.15) is 19.8 Å². The van der Waals surface area contributed by atoms with E-state index in [9.17, 15) is 9.59 Å². The van der Waals surface area contributed by atoms with Crippen molar-refractivity contribution in [2.75, 3.05) is 6.61 Å². The topological polar surface area (TPSA) is 55.7 Å². The molecule has 0 saturated heterocycles. The van der Waals surface area contributed by atoms with Gasteiger partial charge in [-0.3, -0.25) is 9.59 Å². The molecule has 4 heteroatoms. The molecule has 0 aliphatic carbocycles. The van der Waals surface area contributed by atoms with Crippen LogP contribution in [0.15, 0.2) is 17.3 Å². The lowest BCUT2D eigenvalue weighted by Crippen LogP contribution is -2.27. The van der Waals surface area contributed by atoms with E-state index < -0.39 is 11.6 Å². The summed E-state index contributed by atoms with van der Waals surface area (Å²) in [6.45, 7) is 2.45. The molecule has 1 rings (SSSR count). The Hall–Kier alpha value is -1.45. The number of unbranched alkanes of at least 4 members (excludes halogenated alkanes) is 1. The molecule has 1 heterocycles. The molecular formula is C9H11NO3. The van der Waals surface area contributed by atoms with Gasteiger partial charge in [0.15, 0.2) is 0 Å². The summed E-state index contributed by atoms with van der Waals surface area (Å²) in [6.07, 6.45) is 4.25. The summed E-state index contributed by atoms with van der Waals surface area (Å²) in [5, 5.41) is 0. The van der Waals surface area contributed by atoms with Crippen molar-refractivity contribution in [3.8, 4) is 0 Å². The van der Waals surface area contributed by atoms with Crippen molar-refractivity contribution in [3.63, 3.8) is 0 Å². The van der Waals surface area contributed by atoms with E-state index in [0.717, 1.165) is 18.9 Å². The number of carbonyl (C=O) groups excluding carboxylic acids is 2. The predicted octanol–water partition coefficient (Wildman–Crippen LogP) is 0.867. The highest BCUT2D eigenvalue weighted by Gasteiger charge is 2.22. The first-order valence-corrected chi connectivity index (χ1v) is 4.21. The van der Waals surface area contributed by atoms with Crippen molar-refractivity contribution in [1.82, 2.24) is 0 Å². The number of Topliss-reactive ketones (excluding diaryl/α,β-unsaturated/α-hetero) is 1. The van der Waals surface area contributed by atoms with Crippen LogP contribution in [0, 0.1) is 0 Å². The zero-order valence-electron chi connectivity index (χ0n) is 7.45. The van der Waals surface area contributed by atoms with Crippen molar-refractivity contribution < 1.29 is 14.3 Å². The van der Waals surface area contributed by atoms with Crippen LogP contribution in [-0.2, 0) is 14.3 Å². The molecular weight excluding hydrogens is 170 g/mol. The minimum absolute atomic E-state index is 0.0825. The molecule has 1 aliphatic heterocycles. The molecule has 0 spiro atoms. The molecule has 0 aromatic rings. The van der Waals surface area contributed by atoms with E-state index in [0.29, 0.717) is 6.61 Å². The molecule has 0 N–H and O–H groups in total. The molecule has 0 saturated carbocycles. The van der Waals surface area contributed by atoms with Gasteiger partial charge in [-0.1, -0.05) is 13.3 Å². The lowest BCUT2D eigenvalue weighted by Gasteiger charge is -2.06. The van der Waals surface area contributed by atoms with Crippen LogP contribution >= 0.6 is 0 Å². The second kappa shape index (κ2) is 4.54. The average Bonchev–Trinajstić information content (AvgIpc) is 2.13. The highest BCUT2D eigenvalue weighted by molar-refractivity contribution is 6.66. The highest BCUT2D eigenvalue weighted by atomic mass is 16.5. The van der Waals surface area contributed by atoms with Crippen LogP contribution in [0.2, 0.25) is 0 Å². The van der Waals surface area contributed by atoms with Crippen LogP contribution in [-0.4, -0.2) is 24.1 Å². The first kappa shape index (κ1) is 9.64. The molecule has 0 fully saturated rings. The largest absolute Gasteiger partial charge is 0.475 e. The minimum atomic E-state index is -0.654. The van der Waals surface area contributed by atoms with Gasteiger partial charge >= 0.3 is 0 Å². The maximum atomic E-state index is 11.1. The van der Waals surface area contributed by atoms with E-state index in [2.05, 4.69) is 4.99 Å². The van der Waals surface area contributed by atoms with Crippen LogP contribution in [0.4, 0.5) is 0 Å². The van der Waals surface area contributed by atoms with Crippen molar-refractivity contribution in [3.05, 3.63) is 12.3 Å². The molecule has 13 heavy (non-hydrogen) atoms. The van der Waals surface area contributed by atoms with E-state index in [1.165, 1.54) is 6.20 Å². The standard InChI is InChI=1S/C9H11NO3/c1-2-3-6-13-9-8(12)7(11)4-5-10-9/h4-5H,2-3,6H2,1H3. The summed E-state index contributed by atoms with van der Waals surface area (Å²) >= 11 is 0. The summed E-state index contributed by atoms with van der Waals surface area (Å²) in [5.41, 5.74) is 0. The van der Waals surface area contributed by atoms with E-state index in [1.54, 1.807) is 0 Å². The predicted molar refractivity (Wildman–Crippen MR) is 47.4 cm³/mol. The van der Waals surface area contributed by atoms with Gasteiger partial charge in [-0.15, -0.1) is 0 Å². The van der Waals surface area contributed by atoms with Crippen molar-refractivity contribution >= 4 is 17.5 Å². The van der Waals surface area contributed by atoms with E-state index >= 15 is 0 Å². The number of rotatable bonds is 3. The molecule has 4 nitrogen and oxygen atoms in total. The van der Waals surface area contributed by atoms with Crippen LogP contribution in [0.3, 0.4) is 0 Å². The van der Waals surface area contributed by atoms with Gasteiger partial charge in [0.25, 0.3) is 11.7 Å². The Morgan fingerprint density at radius 2 is 2.23 bits per heavy atom. The maximum Gasteiger partial charge on any atom is 0.287 e. The van der Waals surface area contributed by atoms with Gasteiger partial charge in [0.05, 0.1) is 6.61 Å². The van der Waals surface area contributed by atoms with Crippen LogP contribution in [0.25, 0.3) is 0 Å². The van der Waals surface area contributed by atoms with E-state index in [-0.39, 0.29) is 5.90 Å². The molecule has 1 aliphatic rings. The molecule has 0 radical (unpaired) electrons. The summed E-state index contributed by atoms with van der Waals surface area (Å²) in [5.74, 6) is -1.30. The normalized spacial score (nSPS) is 15.9. The lowest BCUT2D eigenvalue weighted by atomic mass is 10.2. The lowest BCUT2D eigenvalue weighted by molar-refractivity contribution is -0.130. The Morgan fingerprint density at radius 1 is 1.46 bits per heavy atom. The molecule has 70 valence electrons. The summed E-state index contributed by atoms with van der Waals surface area (Å²) < 4.78 is 5.03. The van der Waals surface area contributed by atoms with Gasteiger partial charge in [-0.2, -0.15) is 0 Å². The molecule has 0 aromatic heterocycles. The molecule has 0 bridgehead atoms. The van der Waals surface area contributed by atoms with Gasteiger partial charge in [0, 0.05) is 12.3 Å². The zero-order chi connectivity index (χ0) is 9.68. The fraction of sp³-hybridized carbons (Fsp3) is 0.444. The second-order valence-corrected chi connectivity index (χ2v) is 2.65. The number of aliphatic imine (C=N–C) groups is 1. The monoisotopic (exact) mass is 181 g/mol. The quantitative estimate of drug-likeness (QED) is 0.479. The highest BCUT2D eigenvalue weighted by Crippen LogP contribution is 1.98. The molecule has 0 unspecified atom stereocenters. The molecule has 0 amide bonds. The first-order chi connectivity index (χ1) is 6.25. The number of nitrogens with zero attached hydrogens (tertiary/aromatic N) is 1. The van der Waals surface area contributed by atoms with Crippen molar-refractivity contribution in [2.45, 2.75) is 19.8 Å². The first-order valence-electron chi connectivity index (χ1n) is 4.21. The Bertz CT molecular complexity index is 279. The van der Waals surface area contributed by atoms with Crippen molar-refractivity contribution in [1.29, 1.82) is 0 Å². The third kappa shape index (κ3) is 2.50. The van der Waals surface area contributed by atoms with Gasteiger partial charge in [-0.05, 0) is 6.42 Å². The molecule has 0 atom stereocenters. The third-order valence-corrected chi connectivity index (χ3v) is 1.57. The molecule has 0 aromatic carbocycles. The van der Waals surface area contributed by atoms with Crippen LogP contribution in [0.5, 0.6) is 0 Å². The maximum absolute atomic E-state index is 11.1. The number of ether oxygens (including phenoxy) is 1. The number of allylic oxidation sites excluding steroid dienone is 1. The number of carbonyl (C=O) groups is 2. The third-order valence-electron chi connectivity index (χ3n) is 1.57. The summed E-state index contributed by atoms with van der Waals surface area (Å²) in [7, 11) is 0. The fourth-order valence-electron chi connectivity index (χ4n) is 0.828. The average molecular weight is 181 g/mol. The van der Waals surface area contributed by atoms with Crippen LogP contribution < -0.4 is 0 Å². The Morgan fingerprint density at radius 3 is 2.92 bits per heavy atom. The minimum Gasteiger partial charge on any atom is -0.475 e. The van der Waals surface area contributed by atoms with Gasteiger partial charge in [0.2, 0.25) is 5.78 Å². The van der Waals surface area contributed by atoms with E-state index in [4.69, 9.17) is 4.74 Å². The smallest absolute Gasteiger partial charge is 0.287 e. The Kier molecular flexibility index (Phi) is 3.37. The zero-order valence-corrected chi connectivity index (χ0v) is 7.45.